The number of nitrogens with one attached hydrogen (secondary N) is 1. The lowest BCUT2D eigenvalue weighted by Gasteiger charge is -2.26. The van der Waals surface area contributed by atoms with Crippen LogP contribution in [0.15, 0.2) is 60.8 Å². The lowest BCUT2D eigenvalue weighted by molar-refractivity contribution is 0.0926. The van der Waals surface area contributed by atoms with E-state index in [1.807, 2.05) is 54.6 Å². The summed E-state index contributed by atoms with van der Waals surface area (Å²) in [5, 5.41) is 8.52. The monoisotopic (exact) mass is 430 g/mol. The second-order valence-corrected chi connectivity index (χ2v) is 7.70. The van der Waals surface area contributed by atoms with Crippen molar-refractivity contribution in [1.29, 1.82) is 0 Å². The largest absolute Gasteiger partial charge is 0.349 e. The van der Waals surface area contributed by atoms with Crippen LogP contribution in [0.4, 0.5) is 0 Å². The molecule has 152 valence electrons. The predicted molar refractivity (Wildman–Crippen MR) is 119 cm³/mol. The van der Waals surface area contributed by atoms with Crippen molar-refractivity contribution >= 4 is 29.9 Å². The number of carbonyl (C=O) groups is 1. The van der Waals surface area contributed by atoms with Gasteiger partial charge in [0.25, 0.3) is 5.91 Å². The molecule has 4 rings (SSSR count). The quantitative estimate of drug-likeness (QED) is 0.634. The number of hydrogen-bond donors (Lipinski definition) is 2. The van der Waals surface area contributed by atoms with Gasteiger partial charge < -0.3 is 11.1 Å². The molecular formula is C22H24Cl2N4O. The van der Waals surface area contributed by atoms with Gasteiger partial charge in [0.15, 0.2) is 0 Å². The van der Waals surface area contributed by atoms with Crippen molar-refractivity contribution in [2.24, 2.45) is 5.73 Å². The SMILES string of the molecule is Cl.NC1CCC(NC(=O)c2cn(-c3ccccc3)nc2-c2ccc(Cl)cc2)CC1. The molecule has 3 N–H and O–H groups in total. The fourth-order valence-corrected chi connectivity index (χ4v) is 3.73. The summed E-state index contributed by atoms with van der Waals surface area (Å²) in [7, 11) is 0. The van der Waals surface area contributed by atoms with Gasteiger partial charge in [-0.2, -0.15) is 5.10 Å². The minimum Gasteiger partial charge on any atom is -0.349 e. The summed E-state index contributed by atoms with van der Waals surface area (Å²) in [6.45, 7) is 0. The van der Waals surface area contributed by atoms with E-state index in [4.69, 9.17) is 22.4 Å². The molecule has 0 aliphatic heterocycles. The Morgan fingerprint density at radius 2 is 1.69 bits per heavy atom. The number of hydrogen-bond acceptors (Lipinski definition) is 3. The molecule has 1 heterocycles. The Morgan fingerprint density at radius 3 is 2.34 bits per heavy atom. The maximum atomic E-state index is 13.1. The molecule has 1 amide bonds. The number of aromatic nitrogens is 2. The van der Waals surface area contributed by atoms with Crippen molar-refractivity contribution in [1.82, 2.24) is 15.1 Å². The third-order valence-electron chi connectivity index (χ3n) is 5.20. The highest BCUT2D eigenvalue weighted by Crippen LogP contribution is 2.26. The minimum absolute atomic E-state index is 0. The summed E-state index contributed by atoms with van der Waals surface area (Å²) in [5.74, 6) is -0.104. The zero-order valence-corrected chi connectivity index (χ0v) is 17.5. The third kappa shape index (κ3) is 4.99. The molecule has 0 bridgehead atoms. The molecule has 0 saturated heterocycles. The topological polar surface area (TPSA) is 72.9 Å². The Kier molecular flexibility index (Phi) is 6.96. The minimum atomic E-state index is -0.104. The number of nitrogens with zero attached hydrogens (tertiary/aromatic N) is 2. The van der Waals surface area contributed by atoms with Crippen LogP contribution in [0.5, 0.6) is 0 Å². The highest BCUT2D eigenvalue weighted by Gasteiger charge is 2.24. The molecule has 3 aromatic rings. The average Bonchev–Trinajstić information content (AvgIpc) is 3.17. The fraction of sp³-hybridized carbons (Fsp3) is 0.273. The van der Waals surface area contributed by atoms with Crippen LogP contribution in [0.25, 0.3) is 16.9 Å². The number of halogens is 2. The number of nitrogens with two attached hydrogens (primary N) is 1. The van der Waals surface area contributed by atoms with Gasteiger partial charge in [0.1, 0.15) is 5.69 Å². The van der Waals surface area contributed by atoms with Crippen molar-refractivity contribution in [3.63, 3.8) is 0 Å². The van der Waals surface area contributed by atoms with Crippen LogP contribution < -0.4 is 11.1 Å². The Bertz CT molecular complexity index is 949. The molecule has 1 fully saturated rings. The Hall–Kier alpha value is -2.34. The van der Waals surface area contributed by atoms with Crippen molar-refractivity contribution in [3.05, 3.63) is 71.4 Å². The van der Waals surface area contributed by atoms with E-state index in [2.05, 4.69) is 5.32 Å². The first-order valence-electron chi connectivity index (χ1n) is 9.57. The van der Waals surface area contributed by atoms with Crippen molar-refractivity contribution in [2.75, 3.05) is 0 Å². The van der Waals surface area contributed by atoms with Crippen molar-refractivity contribution < 1.29 is 4.79 Å². The van der Waals surface area contributed by atoms with Gasteiger partial charge in [0, 0.05) is 28.9 Å². The van der Waals surface area contributed by atoms with Gasteiger partial charge in [0.05, 0.1) is 11.3 Å². The molecule has 0 spiro atoms. The van der Waals surface area contributed by atoms with Crippen LogP contribution in [-0.2, 0) is 0 Å². The number of carbonyl (C=O) groups excluding carboxylic acids is 1. The van der Waals surface area contributed by atoms with E-state index < -0.39 is 0 Å². The van der Waals surface area contributed by atoms with Crippen LogP contribution >= 0.6 is 24.0 Å². The van der Waals surface area contributed by atoms with E-state index >= 15 is 0 Å². The number of benzene rings is 2. The summed E-state index contributed by atoms with van der Waals surface area (Å²) >= 11 is 6.03. The summed E-state index contributed by atoms with van der Waals surface area (Å²) in [6.07, 6.45) is 5.51. The molecular weight excluding hydrogens is 407 g/mol. The number of amides is 1. The zero-order valence-electron chi connectivity index (χ0n) is 15.9. The predicted octanol–water partition coefficient (Wildman–Crippen LogP) is 4.61. The molecule has 1 aliphatic rings. The average molecular weight is 431 g/mol. The van der Waals surface area contributed by atoms with E-state index in [1.165, 1.54) is 0 Å². The highest BCUT2D eigenvalue weighted by molar-refractivity contribution is 6.30. The van der Waals surface area contributed by atoms with E-state index in [0.717, 1.165) is 36.9 Å². The molecule has 1 aliphatic carbocycles. The Labute approximate surface area is 181 Å². The molecule has 2 aromatic carbocycles. The van der Waals surface area contributed by atoms with Gasteiger partial charge in [-0.05, 0) is 49.9 Å². The van der Waals surface area contributed by atoms with Crippen LogP contribution in [0, 0.1) is 0 Å². The normalized spacial score (nSPS) is 18.7. The molecule has 7 heteroatoms. The molecule has 29 heavy (non-hydrogen) atoms. The maximum absolute atomic E-state index is 13.1. The van der Waals surface area contributed by atoms with Crippen molar-refractivity contribution in [2.45, 2.75) is 37.8 Å². The third-order valence-corrected chi connectivity index (χ3v) is 5.46. The second kappa shape index (κ2) is 9.44. The van der Waals surface area contributed by atoms with Gasteiger partial charge in [0.2, 0.25) is 0 Å². The van der Waals surface area contributed by atoms with Gasteiger partial charge in [-0.3, -0.25) is 4.79 Å². The zero-order chi connectivity index (χ0) is 19.5. The van der Waals surface area contributed by atoms with Crippen LogP contribution in [0.3, 0.4) is 0 Å². The van der Waals surface area contributed by atoms with Crippen LogP contribution in [0.2, 0.25) is 5.02 Å². The summed E-state index contributed by atoms with van der Waals surface area (Å²) in [6, 6.07) is 17.6. The van der Waals surface area contributed by atoms with E-state index in [9.17, 15) is 4.79 Å². The molecule has 0 atom stereocenters. The molecule has 0 unspecified atom stereocenters. The van der Waals surface area contributed by atoms with Gasteiger partial charge >= 0.3 is 0 Å². The van der Waals surface area contributed by atoms with Gasteiger partial charge in [-0.1, -0.05) is 41.9 Å². The smallest absolute Gasteiger partial charge is 0.255 e. The number of rotatable bonds is 4. The first kappa shape index (κ1) is 21.4. The Balaban J connectivity index is 0.00000240. The van der Waals surface area contributed by atoms with Gasteiger partial charge in [-0.25, -0.2) is 4.68 Å². The second-order valence-electron chi connectivity index (χ2n) is 7.26. The summed E-state index contributed by atoms with van der Waals surface area (Å²) < 4.78 is 1.75. The highest BCUT2D eigenvalue weighted by atomic mass is 35.5. The molecule has 5 nitrogen and oxygen atoms in total. The first-order valence-corrected chi connectivity index (χ1v) is 9.95. The van der Waals surface area contributed by atoms with E-state index in [-0.39, 0.29) is 30.4 Å². The van der Waals surface area contributed by atoms with Crippen molar-refractivity contribution in [3.8, 4) is 16.9 Å². The first-order chi connectivity index (χ1) is 13.6. The molecule has 1 aromatic heterocycles. The van der Waals surface area contributed by atoms with Gasteiger partial charge in [-0.15, -0.1) is 12.4 Å². The summed E-state index contributed by atoms with van der Waals surface area (Å²) in [5.41, 5.74) is 8.94. The lowest BCUT2D eigenvalue weighted by Crippen LogP contribution is -2.40. The maximum Gasteiger partial charge on any atom is 0.255 e. The summed E-state index contributed by atoms with van der Waals surface area (Å²) in [4.78, 5) is 13.1. The number of para-hydroxylation sites is 1. The van der Waals surface area contributed by atoms with Crippen LogP contribution in [-0.4, -0.2) is 27.8 Å². The standard InChI is InChI=1S/C22H23ClN4O.ClH/c23-16-8-6-15(7-9-16)21-20(14-27(26-21)19-4-2-1-3-5-19)22(28)25-18-12-10-17(24)11-13-18;/h1-9,14,17-18H,10-13,24H2,(H,25,28);1H. The Morgan fingerprint density at radius 1 is 1.03 bits per heavy atom. The van der Waals surface area contributed by atoms with Crippen LogP contribution in [0.1, 0.15) is 36.0 Å². The van der Waals surface area contributed by atoms with E-state index in [0.29, 0.717) is 16.3 Å². The molecule has 1 saturated carbocycles. The lowest BCUT2D eigenvalue weighted by atomic mass is 9.91. The molecule has 0 radical (unpaired) electrons. The van der Waals surface area contributed by atoms with E-state index in [1.54, 1.807) is 10.9 Å². The fourth-order valence-electron chi connectivity index (χ4n) is 3.60.